The largest absolute Gasteiger partial charge is 0.469 e. The molecule has 3 atom stereocenters. The van der Waals surface area contributed by atoms with E-state index < -0.39 is 6.10 Å². The van der Waals surface area contributed by atoms with Gasteiger partial charge >= 0.3 is 5.97 Å². The summed E-state index contributed by atoms with van der Waals surface area (Å²) in [5.41, 5.74) is 0.614. The van der Waals surface area contributed by atoms with Crippen LogP contribution in [0.25, 0.3) is 0 Å². The Balaban J connectivity index is 2.05. The van der Waals surface area contributed by atoms with E-state index >= 15 is 0 Å². The Hall–Kier alpha value is -2.15. The number of halogens is 1. The number of aliphatic imine (C=N–C) groups is 1. The fourth-order valence-electron chi connectivity index (χ4n) is 2.99. The SMILES string of the molecule is CCNC(=NCC(O)c1ccc(F)cc1)N1CC(C)C(C(=O)OC)C1. The molecule has 1 aliphatic rings. The van der Waals surface area contributed by atoms with Crippen LogP contribution in [0.2, 0.25) is 0 Å². The van der Waals surface area contributed by atoms with Crippen molar-refractivity contribution in [1.82, 2.24) is 10.2 Å². The quantitative estimate of drug-likeness (QED) is 0.478. The number of carbonyl (C=O) groups excluding carboxylic acids is 1. The number of benzene rings is 1. The number of esters is 1. The fourth-order valence-corrected chi connectivity index (χ4v) is 2.99. The van der Waals surface area contributed by atoms with E-state index in [0.29, 0.717) is 31.2 Å². The minimum absolute atomic E-state index is 0.155. The second-order valence-corrected chi connectivity index (χ2v) is 6.27. The van der Waals surface area contributed by atoms with Gasteiger partial charge in [0.2, 0.25) is 0 Å². The van der Waals surface area contributed by atoms with Crippen molar-refractivity contribution in [2.75, 3.05) is 33.3 Å². The maximum Gasteiger partial charge on any atom is 0.310 e. The highest BCUT2D eigenvalue weighted by Crippen LogP contribution is 2.24. The summed E-state index contributed by atoms with van der Waals surface area (Å²) >= 11 is 0. The van der Waals surface area contributed by atoms with Gasteiger partial charge in [0.15, 0.2) is 5.96 Å². The second-order valence-electron chi connectivity index (χ2n) is 6.27. The van der Waals surface area contributed by atoms with E-state index in [1.807, 2.05) is 18.7 Å². The summed E-state index contributed by atoms with van der Waals surface area (Å²) in [5.74, 6) is 0.0843. The van der Waals surface area contributed by atoms with Gasteiger partial charge in [-0.15, -0.1) is 0 Å². The first-order valence-electron chi connectivity index (χ1n) is 8.50. The fraction of sp³-hybridized carbons (Fsp3) is 0.556. The average Bonchev–Trinajstić information content (AvgIpc) is 2.99. The number of hydrogen-bond donors (Lipinski definition) is 2. The standard InChI is InChI=1S/C18H26FN3O3/c1-4-20-18(22-10-12(2)15(11-22)17(24)25-3)21-9-16(23)13-5-7-14(19)8-6-13/h5-8,12,15-16,23H,4,9-11H2,1-3H3,(H,20,21). The number of carbonyl (C=O) groups is 1. The lowest BCUT2D eigenvalue weighted by Crippen LogP contribution is -2.41. The lowest BCUT2D eigenvalue weighted by atomic mass is 9.99. The molecule has 0 spiro atoms. The van der Waals surface area contributed by atoms with Crippen LogP contribution in [0, 0.1) is 17.7 Å². The monoisotopic (exact) mass is 351 g/mol. The molecule has 1 aromatic carbocycles. The zero-order chi connectivity index (χ0) is 18.4. The smallest absolute Gasteiger partial charge is 0.310 e. The Bertz CT molecular complexity index is 606. The Morgan fingerprint density at radius 2 is 2.12 bits per heavy atom. The van der Waals surface area contributed by atoms with Crippen LogP contribution in [-0.4, -0.2) is 55.2 Å². The molecule has 0 bridgehead atoms. The highest BCUT2D eigenvalue weighted by Gasteiger charge is 2.36. The lowest BCUT2D eigenvalue weighted by Gasteiger charge is -2.22. The highest BCUT2D eigenvalue weighted by molar-refractivity contribution is 5.82. The molecule has 0 amide bonds. The normalized spacial score (nSPS) is 22.0. The van der Waals surface area contributed by atoms with E-state index in [1.165, 1.54) is 19.2 Å². The number of rotatable bonds is 5. The van der Waals surface area contributed by atoms with E-state index in [4.69, 9.17) is 4.74 Å². The molecule has 0 aliphatic carbocycles. The van der Waals surface area contributed by atoms with Crippen LogP contribution in [0.4, 0.5) is 4.39 Å². The number of likely N-dealkylation sites (tertiary alicyclic amines) is 1. The van der Waals surface area contributed by atoms with Gasteiger partial charge in [-0.05, 0) is 30.5 Å². The molecule has 2 N–H and O–H groups in total. The molecule has 0 aromatic heterocycles. The van der Waals surface area contributed by atoms with Crippen LogP contribution >= 0.6 is 0 Å². The number of guanidine groups is 1. The van der Waals surface area contributed by atoms with Crippen molar-refractivity contribution in [3.8, 4) is 0 Å². The lowest BCUT2D eigenvalue weighted by molar-refractivity contribution is -0.145. The molecule has 25 heavy (non-hydrogen) atoms. The van der Waals surface area contributed by atoms with Gasteiger partial charge in [0.1, 0.15) is 5.82 Å². The van der Waals surface area contributed by atoms with Crippen LogP contribution in [0.3, 0.4) is 0 Å². The molecule has 1 fully saturated rings. The summed E-state index contributed by atoms with van der Waals surface area (Å²) in [6.07, 6.45) is -0.814. The predicted molar refractivity (Wildman–Crippen MR) is 93.6 cm³/mol. The molecule has 0 saturated carbocycles. The molecule has 1 aliphatic heterocycles. The van der Waals surface area contributed by atoms with Gasteiger partial charge < -0.3 is 20.1 Å². The van der Waals surface area contributed by atoms with Crippen molar-refractivity contribution in [2.24, 2.45) is 16.8 Å². The minimum Gasteiger partial charge on any atom is -0.469 e. The van der Waals surface area contributed by atoms with Crippen LogP contribution < -0.4 is 5.32 Å². The minimum atomic E-state index is -0.814. The number of hydrogen-bond acceptors (Lipinski definition) is 4. The molecule has 7 heteroatoms. The van der Waals surface area contributed by atoms with Gasteiger partial charge in [-0.2, -0.15) is 0 Å². The van der Waals surface area contributed by atoms with Gasteiger partial charge in [-0.3, -0.25) is 9.79 Å². The molecule has 138 valence electrons. The van der Waals surface area contributed by atoms with Gasteiger partial charge in [0.25, 0.3) is 0 Å². The van der Waals surface area contributed by atoms with Crippen LogP contribution in [-0.2, 0) is 9.53 Å². The molecule has 1 aromatic rings. The Morgan fingerprint density at radius 3 is 2.72 bits per heavy atom. The van der Waals surface area contributed by atoms with Crippen molar-refractivity contribution in [1.29, 1.82) is 0 Å². The molecule has 1 heterocycles. The summed E-state index contributed by atoms with van der Waals surface area (Å²) in [4.78, 5) is 18.3. The van der Waals surface area contributed by atoms with E-state index in [1.54, 1.807) is 12.1 Å². The van der Waals surface area contributed by atoms with E-state index in [9.17, 15) is 14.3 Å². The van der Waals surface area contributed by atoms with E-state index in [0.717, 1.165) is 0 Å². The topological polar surface area (TPSA) is 74.2 Å². The molecule has 2 rings (SSSR count). The summed E-state index contributed by atoms with van der Waals surface area (Å²) in [5, 5.41) is 13.4. The number of aliphatic hydroxyl groups excluding tert-OH is 1. The molecule has 0 radical (unpaired) electrons. The number of nitrogens with zero attached hydrogens (tertiary/aromatic N) is 2. The summed E-state index contributed by atoms with van der Waals surface area (Å²) in [6.45, 7) is 6.03. The third-order valence-corrected chi connectivity index (χ3v) is 4.42. The number of methoxy groups -OCH3 is 1. The van der Waals surface area contributed by atoms with Crippen LogP contribution in [0.1, 0.15) is 25.5 Å². The van der Waals surface area contributed by atoms with E-state index in [2.05, 4.69) is 10.3 Å². The van der Waals surface area contributed by atoms with Gasteiger partial charge in [0, 0.05) is 19.6 Å². The first-order chi connectivity index (χ1) is 12.0. The van der Waals surface area contributed by atoms with Gasteiger partial charge in [-0.1, -0.05) is 19.1 Å². The predicted octanol–water partition coefficient (Wildman–Crippen LogP) is 1.57. The van der Waals surface area contributed by atoms with Crippen molar-refractivity contribution < 1.29 is 19.0 Å². The van der Waals surface area contributed by atoms with Crippen molar-refractivity contribution in [3.05, 3.63) is 35.6 Å². The van der Waals surface area contributed by atoms with Crippen molar-refractivity contribution in [3.63, 3.8) is 0 Å². The molecule has 1 saturated heterocycles. The average molecular weight is 351 g/mol. The number of nitrogens with one attached hydrogen (secondary N) is 1. The summed E-state index contributed by atoms with van der Waals surface area (Å²) in [6, 6.07) is 5.73. The maximum absolute atomic E-state index is 13.0. The molecule has 3 unspecified atom stereocenters. The highest BCUT2D eigenvalue weighted by atomic mass is 19.1. The number of ether oxygens (including phenoxy) is 1. The third kappa shape index (κ3) is 4.92. The van der Waals surface area contributed by atoms with Gasteiger partial charge in [-0.25, -0.2) is 4.39 Å². The van der Waals surface area contributed by atoms with Crippen molar-refractivity contribution in [2.45, 2.75) is 20.0 Å². The Labute approximate surface area is 147 Å². The van der Waals surface area contributed by atoms with Crippen LogP contribution in [0.5, 0.6) is 0 Å². The molecular weight excluding hydrogens is 325 g/mol. The zero-order valence-electron chi connectivity index (χ0n) is 14.9. The molecular formula is C18H26FN3O3. The van der Waals surface area contributed by atoms with E-state index in [-0.39, 0.29) is 30.2 Å². The third-order valence-electron chi connectivity index (χ3n) is 4.42. The van der Waals surface area contributed by atoms with Gasteiger partial charge in [0.05, 0.1) is 25.7 Å². The summed E-state index contributed by atoms with van der Waals surface area (Å²) in [7, 11) is 1.40. The summed E-state index contributed by atoms with van der Waals surface area (Å²) < 4.78 is 17.8. The van der Waals surface area contributed by atoms with Crippen molar-refractivity contribution >= 4 is 11.9 Å². The zero-order valence-corrected chi connectivity index (χ0v) is 14.9. The second kappa shape index (κ2) is 8.80. The number of aliphatic hydroxyl groups is 1. The Morgan fingerprint density at radius 1 is 1.44 bits per heavy atom. The first-order valence-corrected chi connectivity index (χ1v) is 8.50. The maximum atomic E-state index is 13.0. The van der Waals surface area contributed by atoms with Crippen LogP contribution in [0.15, 0.2) is 29.3 Å². The molecule has 6 nitrogen and oxygen atoms in total. The Kier molecular flexibility index (Phi) is 6.75. The first kappa shape index (κ1) is 19.2.